The lowest BCUT2D eigenvalue weighted by molar-refractivity contribution is -0.115. The van der Waals surface area contributed by atoms with Crippen LogP contribution in [-0.2, 0) is 17.5 Å². The molecular formula is C23H27N3O2S. The van der Waals surface area contributed by atoms with E-state index in [9.17, 15) is 9.90 Å². The lowest BCUT2D eigenvalue weighted by Gasteiger charge is -2.11. The van der Waals surface area contributed by atoms with Crippen molar-refractivity contribution < 1.29 is 26.4 Å². The molecule has 0 bridgehead atoms. The summed E-state index contributed by atoms with van der Waals surface area (Å²) >= 11 is 0.708. The number of hydrogen-bond acceptors (Lipinski definition) is 5. The first-order valence-electron chi connectivity index (χ1n) is 14.6. The number of amides is 1. The molecule has 0 aliphatic carbocycles. The van der Waals surface area contributed by atoms with Gasteiger partial charge in [-0.05, 0) is 49.4 Å². The smallest absolute Gasteiger partial charge is 0.230 e. The van der Waals surface area contributed by atoms with E-state index in [4.69, 9.17) is 22.2 Å². The Morgan fingerprint density at radius 2 is 2.21 bits per heavy atom. The summed E-state index contributed by atoms with van der Waals surface area (Å²) in [7, 11) is 0. The van der Waals surface area contributed by atoms with Crippen LogP contribution in [0.2, 0.25) is 0 Å². The minimum atomic E-state index is -2.71. The third kappa shape index (κ3) is 6.69. The zero-order chi connectivity index (χ0) is 31.3. The number of aryl methyl sites for hydroxylation is 1. The van der Waals surface area contributed by atoms with Gasteiger partial charge in [-0.25, -0.2) is 4.98 Å². The molecule has 0 fully saturated rings. The fourth-order valence-electron chi connectivity index (χ4n) is 2.27. The molecule has 29 heavy (non-hydrogen) atoms. The maximum atomic E-state index is 12.6. The topological polar surface area (TPSA) is 88.2 Å². The maximum Gasteiger partial charge on any atom is 0.230 e. The number of nitrogens with zero attached hydrogens (tertiary/aromatic N) is 1. The normalized spacial score (nSPS) is 20.5. The first kappa shape index (κ1) is 10.4. The van der Waals surface area contributed by atoms with Gasteiger partial charge in [0.25, 0.3) is 0 Å². The van der Waals surface area contributed by atoms with Gasteiger partial charge < -0.3 is 16.2 Å². The van der Waals surface area contributed by atoms with Crippen LogP contribution in [0.3, 0.4) is 0 Å². The van der Waals surface area contributed by atoms with E-state index < -0.39 is 79.4 Å². The number of nitrogens with one attached hydrogen (secondary N) is 1. The lowest BCUT2D eigenvalue weighted by atomic mass is 10.00. The molecule has 0 aliphatic heterocycles. The number of aromatic nitrogens is 1. The Balaban J connectivity index is 1.78. The van der Waals surface area contributed by atoms with Crippen molar-refractivity contribution in [3.63, 3.8) is 0 Å². The first-order valence-corrected chi connectivity index (χ1v) is 9.42. The molecule has 5 nitrogen and oxygen atoms in total. The number of benzene rings is 2. The Hall–Kier alpha value is -2.70. The van der Waals surface area contributed by atoms with Crippen molar-refractivity contribution in [1.82, 2.24) is 4.98 Å². The summed E-state index contributed by atoms with van der Waals surface area (Å²) in [6.07, 6.45) is -12.2. The van der Waals surface area contributed by atoms with Gasteiger partial charge in [0.2, 0.25) is 5.91 Å². The number of anilines is 2. The van der Waals surface area contributed by atoms with E-state index in [1.807, 2.05) is 0 Å². The Bertz CT molecular complexity index is 1450. The molecule has 1 amide bonds. The number of carbonyl (C=O) groups is 1. The monoisotopic (exact) mass is 421 g/mol. The van der Waals surface area contributed by atoms with Crippen molar-refractivity contribution in [2.24, 2.45) is 0 Å². The van der Waals surface area contributed by atoms with E-state index >= 15 is 0 Å². The van der Waals surface area contributed by atoms with Gasteiger partial charge in [0.15, 0.2) is 5.13 Å². The van der Waals surface area contributed by atoms with Crippen molar-refractivity contribution in [2.45, 2.75) is 45.0 Å². The minimum absolute atomic E-state index is 0.0267. The summed E-state index contributed by atoms with van der Waals surface area (Å²) in [5.41, 5.74) is 4.34. The highest BCUT2D eigenvalue weighted by molar-refractivity contribution is 7.13. The Morgan fingerprint density at radius 1 is 1.41 bits per heavy atom. The molecule has 0 unspecified atom stereocenters. The van der Waals surface area contributed by atoms with Crippen LogP contribution in [0.25, 0.3) is 0 Å². The number of thiazole rings is 1. The standard InChI is InChI=1S/C23H27N3O2S/c1-16-5-4-7-18(13-16)21(27)8-3-2-6-17-9-11-19(12-10-17)25-22(28)14-20-15-29-23(24)26-20/h4-5,7,9-13,15,21,27H,2-3,6,8,14H2,1H3,(H2,24,26)(H,25,28)/t21-/m0/s1/i2D2,4D,5D,6D2,7D,13D,14D2,15D,21D. The summed E-state index contributed by atoms with van der Waals surface area (Å²) < 4.78 is 97.7. The zero-order valence-corrected chi connectivity index (χ0v) is 16.3. The van der Waals surface area contributed by atoms with Gasteiger partial charge in [0, 0.05) is 19.3 Å². The summed E-state index contributed by atoms with van der Waals surface area (Å²) in [5, 5.41) is 12.7. The first-order chi connectivity index (χ1) is 18.6. The summed E-state index contributed by atoms with van der Waals surface area (Å²) in [5.74, 6) is -1.15. The molecule has 1 atom stereocenters. The van der Waals surface area contributed by atoms with Gasteiger partial charge in [-0.2, -0.15) is 0 Å². The molecule has 4 N–H and O–H groups in total. The van der Waals surface area contributed by atoms with Gasteiger partial charge in [-0.1, -0.05) is 48.3 Å². The molecule has 0 saturated heterocycles. The van der Waals surface area contributed by atoms with Crippen LogP contribution >= 0.6 is 11.3 Å². The van der Waals surface area contributed by atoms with Gasteiger partial charge in [-0.3, -0.25) is 4.79 Å². The summed E-state index contributed by atoms with van der Waals surface area (Å²) in [4.78, 5) is 16.3. The van der Waals surface area contributed by atoms with Gasteiger partial charge in [0.1, 0.15) is 0 Å². The molecule has 0 spiro atoms. The minimum Gasteiger partial charge on any atom is -0.388 e. The van der Waals surface area contributed by atoms with E-state index in [1.165, 1.54) is 31.2 Å². The van der Waals surface area contributed by atoms with Crippen LogP contribution in [0.1, 0.15) is 64.1 Å². The molecule has 6 heteroatoms. The third-order valence-corrected chi connectivity index (χ3v) is 4.20. The van der Waals surface area contributed by atoms with Crippen molar-refractivity contribution >= 4 is 28.1 Å². The molecule has 1 aromatic heterocycles. The lowest BCUT2D eigenvalue weighted by Crippen LogP contribution is -2.14. The predicted molar refractivity (Wildman–Crippen MR) is 119 cm³/mol. The van der Waals surface area contributed by atoms with E-state index in [1.54, 1.807) is 0 Å². The second kappa shape index (κ2) is 10.2. The quantitative estimate of drug-likeness (QED) is 0.469. The Kier molecular flexibility index (Phi) is 3.64. The molecule has 2 aromatic carbocycles. The van der Waals surface area contributed by atoms with Crippen molar-refractivity contribution in [2.75, 3.05) is 11.1 Å². The average Bonchev–Trinajstić information content (AvgIpc) is 3.23. The fraction of sp³-hybridized carbons (Fsp3) is 0.304. The highest BCUT2D eigenvalue weighted by Crippen LogP contribution is 2.21. The van der Waals surface area contributed by atoms with Crippen LogP contribution in [0.4, 0.5) is 10.8 Å². The second-order valence-corrected chi connectivity index (χ2v) is 6.73. The molecule has 0 aliphatic rings. The largest absolute Gasteiger partial charge is 0.388 e. The van der Waals surface area contributed by atoms with E-state index in [0.29, 0.717) is 11.3 Å². The Labute approximate surface area is 192 Å². The van der Waals surface area contributed by atoms with Crippen LogP contribution < -0.4 is 11.1 Å². The van der Waals surface area contributed by atoms with Crippen LogP contribution in [0.15, 0.2) is 53.8 Å². The molecular weight excluding hydrogens is 382 g/mol. The number of hydrogen-bond donors (Lipinski definition) is 3. The SMILES string of the molecule is [2H]c1sc(N)nc1C([2H])([2H])C(=O)Nc1ccc(C([2H])([2H])C([2H])([2H])CC[C@]([2H])(O)c2c([2H])c([2H])c([2H])c(C)c2[2H])cc1. The molecule has 0 saturated carbocycles. The molecule has 152 valence electrons. The highest BCUT2D eigenvalue weighted by atomic mass is 32.1. The molecule has 3 aromatic rings. The number of nitrogens with two attached hydrogens (primary N) is 1. The van der Waals surface area contributed by atoms with Crippen LogP contribution in [0.5, 0.6) is 0 Å². The van der Waals surface area contributed by atoms with E-state index in [2.05, 4.69) is 10.3 Å². The maximum absolute atomic E-state index is 12.6. The number of aliphatic hydroxyl groups is 1. The van der Waals surface area contributed by atoms with E-state index in [0.717, 1.165) is 0 Å². The van der Waals surface area contributed by atoms with Crippen molar-refractivity contribution in [3.05, 3.63) is 76.2 Å². The molecule has 1 heterocycles. The van der Waals surface area contributed by atoms with Gasteiger partial charge in [-0.15, -0.1) is 11.3 Å². The fourth-order valence-corrected chi connectivity index (χ4v) is 2.70. The van der Waals surface area contributed by atoms with Crippen LogP contribution in [-0.4, -0.2) is 16.0 Å². The molecule has 0 radical (unpaired) electrons. The van der Waals surface area contributed by atoms with Gasteiger partial charge >= 0.3 is 0 Å². The third-order valence-electron chi connectivity index (χ3n) is 3.61. The Morgan fingerprint density at radius 3 is 2.93 bits per heavy atom. The second-order valence-electron chi connectivity index (χ2n) is 5.91. The average molecular weight is 422 g/mol. The van der Waals surface area contributed by atoms with Crippen molar-refractivity contribution in [3.8, 4) is 0 Å². The predicted octanol–water partition coefficient (Wildman–Crippen LogP) is 4.66. The van der Waals surface area contributed by atoms with Crippen molar-refractivity contribution in [1.29, 1.82) is 0 Å². The zero-order valence-electron chi connectivity index (χ0n) is 27.5. The number of rotatable bonds is 9. The van der Waals surface area contributed by atoms with Gasteiger partial charge in [0.05, 0.1) is 26.4 Å². The number of nitrogen functional groups attached to an aromatic ring is 1. The highest BCUT2D eigenvalue weighted by Gasteiger charge is 2.08. The van der Waals surface area contributed by atoms with Crippen LogP contribution in [0, 0.1) is 6.92 Å². The summed E-state index contributed by atoms with van der Waals surface area (Å²) in [6.45, 7) is 1.33. The summed E-state index contributed by atoms with van der Waals surface area (Å²) in [6, 6.07) is 2.65. The number of carbonyl (C=O) groups excluding carboxylic acids is 1. The van der Waals surface area contributed by atoms with E-state index in [-0.39, 0.29) is 27.3 Å². The molecule has 3 rings (SSSR count).